The summed E-state index contributed by atoms with van der Waals surface area (Å²) in [6.45, 7) is 4.92. The van der Waals surface area contributed by atoms with Crippen molar-refractivity contribution in [2.45, 2.75) is 90.9 Å². The molecule has 0 aliphatic carbocycles. The van der Waals surface area contributed by atoms with Gasteiger partial charge in [0, 0.05) is 6.42 Å². The molecule has 2 nitrogen and oxygen atoms in total. The van der Waals surface area contributed by atoms with Crippen LogP contribution in [-0.4, -0.2) is 12.6 Å². The summed E-state index contributed by atoms with van der Waals surface area (Å²) in [7, 11) is 0. The van der Waals surface area contributed by atoms with E-state index in [0.29, 0.717) is 13.0 Å². The predicted molar refractivity (Wildman–Crippen MR) is 105 cm³/mol. The molecule has 0 N–H and O–H groups in total. The van der Waals surface area contributed by atoms with Crippen LogP contribution in [0.5, 0.6) is 0 Å². The van der Waals surface area contributed by atoms with Gasteiger partial charge in [-0.25, -0.2) is 0 Å². The van der Waals surface area contributed by atoms with Crippen LogP contribution >= 0.6 is 0 Å². The van der Waals surface area contributed by atoms with E-state index in [9.17, 15) is 4.79 Å². The van der Waals surface area contributed by atoms with Crippen molar-refractivity contribution in [2.75, 3.05) is 6.61 Å². The van der Waals surface area contributed by atoms with E-state index in [1.165, 1.54) is 25.7 Å². The lowest BCUT2D eigenvalue weighted by atomic mass is 10.1. The number of hydrogen-bond donors (Lipinski definition) is 0. The van der Waals surface area contributed by atoms with E-state index in [4.69, 9.17) is 4.74 Å². The number of rotatable bonds is 16. The second-order valence-corrected chi connectivity index (χ2v) is 6.20. The SMILES string of the molecule is CCCCC/C=C\C/C=C\C/C=C\CCCCC(=O)OCCCC. The van der Waals surface area contributed by atoms with Crippen molar-refractivity contribution in [3.05, 3.63) is 36.5 Å². The summed E-state index contributed by atoms with van der Waals surface area (Å²) in [4.78, 5) is 11.4. The van der Waals surface area contributed by atoms with E-state index in [1.807, 2.05) is 0 Å². The Morgan fingerprint density at radius 2 is 1.25 bits per heavy atom. The minimum absolute atomic E-state index is 0.0434. The molecule has 0 rings (SSSR count). The maximum absolute atomic E-state index is 11.4. The molecule has 0 aliphatic rings. The van der Waals surface area contributed by atoms with E-state index >= 15 is 0 Å². The van der Waals surface area contributed by atoms with Crippen molar-refractivity contribution >= 4 is 5.97 Å². The van der Waals surface area contributed by atoms with Gasteiger partial charge in [-0.2, -0.15) is 0 Å². The van der Waals surface area contributed by atoms with Crippen LogP contribution in [0.1, 0.15) is 90.9 Å². The largest absolute Gasteiger partial charge is 0.466 e. The zero-order valence-electron chi connectivity index (χ0n) is 16.0. The van der Waals surface area contributed by atoms with Crippen molar-refractivity contribution < 1.29 is 9.53 Å². The molecule has 0 fully saturated rings. The lowest BCUT2D eigenvalue weighted by Crippen LogP contribution is -2.05. The summed E-state index contributed by atoms with van der Waals surface area (Å²) >= 11 is 0. The first-order valence-corrected chi connectivity index (χ1v) is 9.91. The summed E-state index contributed by atoms with van der Waals surface area (Å²) in [5.74, 6) is -0.0434. The Hall–Kier alpha value is -1.31. The Bertz CT molecular complexity index is 353. The Morgan fingerprint density at radius 1 is 0.708 bits per heavy atom. The Labute approximate surface area is 150 Å². The van der Waals surface area contributed by atoms with Gasteiger partial charge in [0.1, 0.15) is 0 Å². The van der Waals surface area contributed by atoms with Gasteiger partial charge in [-0.15, -0.1) is 0 Å². The van der Waals surface area contributed by atoms with Gasteiger partial charge in [0.25, 0.3) is 0 Å². The average molecular weight is 335 g/mol. The molecule has 0 aromatic carbocycles. The summed E-state index contributed by atoms with van der Waals surface area (Å²) in [5.41, 5.74) is 0. The third kappa shape index (κ3) is 18.7. The molecule has 138 valence electrons. The van der Waals surface area contributed by atoms with Gasteiger partial charge in [0.2, 0.25) is 0 Å². The minimum Gasteiger partial charge on any atom is -0.466 e. The maximum Gasteiger partial charge on any atom is 0.305 e. The van der Waals surface area contributed by atoms with Crippen LogP contribution in [0, 0.1) is 0 Å². The van der Waals surface area contributed by atoms with E-state index in [-0.39, 0.29) is 5.97 Å². The molecular formula is C22H38O2. The number of carbonyl (C=O) groups is 1. The summed E-state index contributed by atoms with van der Waals surface area (Å²) in [6, 6.07) is 0. The second kappa shape index (κ2) is 19.7. The van der Waals surface area contributed by atoms with Crippen LogP contribution in [0.15, 0.2) is 36.5 Å². The van der Waals surface area contributed by atoms with Crippen LogP contribution < -0.4 is 0 Å². The van der Waals surface area contributed by atoms with Crippen molar-refractivity contribution in [2.24, 2.45) is 0 Å². The zero-order valence-corrected chi connectivity index (χ0v) is 16.0. The predicted octanol–water partition coefficient (Wildman–Crippen LogP) is 6.92. The number of carbonyl (C=O) groups excluding carboxylic acids is 1. The van der Waals surface area contributed by atoms with Crippen molar-refractivity contribution in [1.29, 1.82) is 0 Å². The van der Waals surface area contributed by atoms with Crippen molar-refractivity contribution in [1.82, 2.24) is 0 Å². The quantitative estimate of drug-likeness (QED) is 0.174. The molecule has 0 spiro atoms. The molecule has 0 aromatic heterocycles. The van der Waals surface area contributed by atoms with Crippen LogP contribution in [0.2, 0.25) is 0 Å². The summed E-state index contributed by atoms with van der Waals surface area (Å²) in [5, 5.41) is 0. The first-order chi connectivity index (χ1) is 11.8. The van der Waals surface area contributed by atoms with Gasteiger partial charge in [-0.3, -0.25) is 4.79 Å². The number of hydrogen-bond acceptors (Lipinski definition) is 2. The molecule has 0 unspecified atom stereocenters. The first kappa shape index (κ1) is 22.7. The highest BCUT2D eigenvalue weighted by molar-refractivity contribution is 5.69. The minimum atomic E-state index is -0.0434. The highest BCUT2D eigenvalue weighted by Gasteiger charge is 2.00. The molecule has 0 bridgehead atoms. The molecule has 0 aliphatic heterocycles. The van der Waals surface area contributed by atoms with Crippen LogP contribution in [0.4, 0.5) is 0 Å². The molecule has 0 radical (unpaired) electrons. The third-order valence-corrected chi connectivity index (χ3v) is 3.78. The number of unbranched alkanes of at least 4 members (excludes halogenated alkanes) is 6. The van der Waals surface area contributed by atoms with E-state index in [1.54, 1.807) is 0 Å². The summed E-state index contributed by atoms with van der Waals surface area (Å²) in [6.07, 6.45) is 26.3. The standard InChI is InChI=1S/C22H38O2/c1-3-5-7-8-9-10-11-12-13-14-15-16-17-18-19-20-22(23)24-21-6-4-2/h9-10,12-13,15-16H,3-8,11,14,17-21H2,1-2H3/b10-9-,13-12-,16-15-. The summed E-state index contributed by atoms with van der Waals surface area (Å²) < 4.78 is 5.13. The van der Waals surface area contributed by atoms with Gasteiger partial charge in [-0.1, -0.05) is 69.6 Å². The molecule has 0 amide bonds. The monoisotopic (exact) mass is 334 g/mol. The van der Waals surface area contributed by atoms with E-state index in [2.05, 4.69) is 50.3 Å². The highest BCUT2D eigenvalue weighted by atomic mass is 16.5. The molecule has 0 heterocycles. The van der Waals surface area contributed by atoms with Gasteiger partial charge in [0.05, 0.1) is 6.61 Å². The van der Waals surface area contributed by atoms with Crippen molar-refractivity contribution in [3.63, 3.8) is 0 Å². The van der Waals surface area contributed by atoms with E-state index in [0.717, 1.165) is 44.9 Å². The van der Waals surface area contributed by atoms with Gasteiger partial charge < -0.3 is 4.74 Å². The fourth-order valence-electron chi connectivity index (χ4n) is 2.22. The lowest BCUT2D eigenvalue weighted by molar-refractivity contribution is -0.143. The fraction of sp³-hybridized carbons (Fsp3) is 0.682. The molecular weight excluding hydrogens is 296 g/mol. The van der Waals surface area contributed by atoms with Crippen molar-refractivity contribution in [3.8, 4) is 0 Å². The number of ether oxygens (including phenoxy) is 1. The topological polar surface area (TPSA) is 26.3 Å². The smallest absolute Gasteiger partial charge is 0.305 e. The maximum atomic E-state index is 11.4. The van der Waals surface area contributed by atoms with E-state index < -0.39 is 0 Å². The van der Waals surface area contributed by atoms with Gasteiger partial charge in [-0.05, 0) is 51.4 Å². The van der Waals surface area contributed by atoms with Crippen LogP contribution in [0.25, 0.3) is 0 Å². The second-order valence-electron chi connectivity index (χ2n) is 6.20. The van der Waals surface area contributed by atoms with Crippen LogP contribution in [-0.2, 0) is 9.53 Å². The van der Waals surface area contributed by atoms with Crippen LogP contribution in [0.3, 0.4) is 0 Å². The first-order valence-electron chi connectivity index (χ1n) is 9.91. The Morgan fingerprint density at radius 3 is 1.83 bits per heavy atom. The molecule has 0 aromatic rings. The Balaban J connectivity index is 3.37. The lowest BCUT2D eigenvalue weighted by Gasteiger charge is -2.02. The molecule has 0 saturated heterocycles. The normalized spacial score (nSPS) is 11.9. The molecule has 24 heavy (non-hydrogen) atoms. The number of allylic oxidation sites excluding steroid dienone is 6. The fourth-order valence-corrected chi connectivity index (χ4v) is 2.22. The molecule has 2 heteroatoms. The number of esters is 1. The molecule has 0 atom stereocenters. The van der Waals surface area contributed by atoms with Gasteiger partial charge in [0.15, 0.2) is 0 Å². The Kier molecular flexibility index (Phi) is 18.7. The van der Waals surface area contributed by atoms with Gasteiger partial charge >= 0.3 is 5.97 Å². The highest BCUT2D eigenvalue weighted by Crippen LogP contribution is 2.04. The zero-order chi connectivity index (χ0) is 17.7. The third-order valence-electron chi connectivity index (χ3n) is 3.78. The molecule has 0 saturated carbocycles. The average Bonchev–Trinajstić information content (AvgIpc) is 2.58.